The number of nitrogens with zero attached hydrogens (tertiary/aromatic N) is 1. The van der Waals surface area contributed by atoms with E-state index in [0.717, 1.165) is 5.69 Å². The van der Waals surface area contributed by atoms with Gasteiger partial charge in [0, 0.05) is 0 Å². The van der Waals surface area contributed by atoms with Gasteiger partial charge in [0.15, 0.2) is 0 Å². The first-order valence-corrected chi connectivity index (χ1v) is 4.03. The third-order valence-electron chi connectivity index (χ3n) is 0.931. The first-order valence-electron chi connectivity index (χ1n) is 2.56. The molecule has 0 fully saturated rings. The molecule has 0 atom stereocenters. The number of para-hydroxylation sites is 1. The van der Waals surface area contributed by atoms with Crippen LogP contribution in [0.15, 0.2) is 35.3 Å². The molecule has 0 aliphatic heterocycles. The molecule has 2 heteroatoms. The molecule has 44 valence electrons. The Bertz CT molecular complexity index is 224. The van der Waals surface area contributed by atoms with Crippen molar-refractivity contribution < 1.29 is 19.4 Å². The molecule has 0 unspecified atom stereocenters. The van der Waals surface area contributed by atoms with Crippen molar-refractivity contribution in [3.05, 3.63) is 30.3 Å². The first-order chi connectivity index (χ1) is 4.43. The maximum atomic E-state index is 3.99. The summed E-state index contributed by atoms with van der Waals surface area (Å²) in [5.74, 6) is 0. The Labute approximate surface area is 64.8 Å². The molecule has 1 aromatic carbocycles. The van der Waals surface area contributed by atoms with E-state index < -0.39 is 0 Å². The molecule has 0 spiro atoms. The zero-order valence-corrected chi connectivity index (χ0v) is 7.68. The molecule has 0 amide bonds. The van der Waals surface area contributed by atoms with Gasteiger partial charge in [0.2, 0.25) is 0 Å². The summed E-state index contributed by atoms with van der Waals surface area (Å²) in [5.41, 5.74) is 0.979. The summed E-state index contributed by atoms with van der Waals surface area (Å²) in [7, 11) is 0. The quantitative estimate of drug-likeness (QED) is 0.698. The van der Waals surface area contributed by atoms with Gasteiger partial charge in [-0.1, -0.05) is 0 Å². The van der Waals surface area contributed by atoms with Gasteiger partial charge in [0.25, 0.3) is 0 Å². The van der Waals surface area contributed by atoms with Gasteiger partial charge < -0.3 is 0 Å². The van der Waals surface area contributed by atoms with Gasteiger partial charge in [-0.2, -0.15) is 0 Å². The molecule has 0 N–H and O–H groups in total. The summed E-state index contributed by atoms with van der Waals surface area (Å²) >= 11 is 1.26. The van der Waals surface area contributed by atoms with Gasteiger partial charge in [0.1, 0.15) is 0 Å². The van der Waals surface area contributed by atoms with Crippen molar-refractivity contribution in [2.24, 2.45) is 4.99 Å². The zero-order chi connectivity index (χ0) is 6.53. The third kappa shape index (κ3) is 2.05. The van der Waals surface area contributed by atoms with Crippen LogP contribution in [0.2, 0.25) is 0 Å². The van der Waals surface area contributed by atoms with Gasteiger partial charge >= 0.3 is 64.6 Å². The first kappa shape index (κ1) is 6.61. The van der Waals surface area contributed by atoms with E-state index in [9.17, 15) is 0 Å². The Morgan fingerprint density at radius 3 is 2.44 bits per heavy atom. The van der Waals surface area contributed by atoms with Gasteiger partial charge in [-0.3, -0.25) is 0 Å². The second-order valence-corrected chi connectivity index (χ2v) is 2.19. The van der Waals surface area contributed by atoms with E-state index in [-0.39, 0.29) is 0 Å². The van der Waals surface area contributed by atoms with Crippen molar-refractivity contribution >= 4 is 9.88 Å². The molecule has 0 radical (unpaired) electrons. The molecular formula is C7H5NW. The number of benzene rings is 1. The molecule has 0 saturated carbocycles. The SMILES string of the molecule is [W]=[C]=Nc1ccccc1. The second-order valence-electron chi connectivity index (χ2n) is 1.54. The molecular weight excluding hydrogens is 282 g/mol. The van der Waals surface area contributed by atoms with Crippen molar-refractivity contribution in [1.29, 1.82) is 0 Å². The summed E-state index contributed by atoms with van der Waals surface area (Å²) in [6.45, 7) is 0. The van der Waals surface area contributed by atoms with Crippen LogP contribution in [0.5, 0.6) is 0 Å². The van der Waals surface area contributed by atoms with E-state index in [0.29, 0.717) is 0 Å². The summed E-state index contributed by atoms with van der Waals surface area (Å²) in [6.07, 6.45) is 0. The van der Waals surface area contributed by atoms with Crippen LogP contribution in [0.25, 0.3) is 0 Å². The van der Waals surface area contributed by atoms with Crippen LogP contribution in [0.1, 0.15) is 0 Å². The van der Waals surface area contributed by atoms with E-state index in [4.69, 9.17) is 0 Å². The fourth-order valence-electron chi connectivity index (χ4n) is 0.555. The van der Waals surface area contributed by atoms with Crippen LogP contribution in [-0.2, 0) is 19.4 Å². The Morgan fingerprint density at radius 2 is 1.89 bits per heavy atom. The predicted molar refractivity (Wildman–Crippen MR) is 33.5 cm³/mol. The third-order valence-corrected chi connectivity index (χ3v) is 1.26. The fraction of sp³-hybridized carbons (Fsp3) is 0. The summed E-state index contributed by atoms with van der Waals surface area (Å²) < 4.78 is 2.79. The average molecular weight is 287 g/mol. The van der Waals surface area contributed by atoms with E-state index in [1.54, 1.807) is 0 Å². The molecule has 0 heterocycles. The standard InChI is InChI=1S/C7H5N.W/c1-8-7-5-3-2-4-6-7;/h2-6H;. The Morgan fingerprint density at radius 1 is 1.22 bits per heavy atom. The van der Waals surface area contributed by atoms with Gasteiger partial charge in [0.05, 0.1) is 0 Å². The minimum absolute atomic E-state index is 0.979. The molecule has 1 rings (SSSR count). The molecule has 0 saturated heterocycles. The fourth-order valence-corrected chi connectivity index (χ4v) is 0.934. The van der Waals surface area contributed by atoms with Crippen LogP contribution in [0.3, 0.4) is 0 Å². The molecule has 1 aromatic rings. The Balaban J connectivity index is 2.97. The second kappa shape index (κ2) is 3.50. The number of aliphatic imine (C=N–C) groups is 1. The molecule has 0 aliphatic rings. The van der Waals surface area contributed by atoms with Crippen LogP contribution in [-0.4, -0.2) is 4.19 Å². The van der Waals surface area contributed by atoms with Crippen LogP contribution >= 0.6 is 0 Å². The number of rotatable bonds is 1. The van der Waals surface area contributed by atoms with E-state index in [1.807, 2.05) is 30.3 Å². The van der Waals surface area contributed by atoms with E-state index in [2.05, 4.69) is 9.19 Å². The number of hydrogen-bond acceptors (Lipinski definition) is 1. The summed E-state index contributed by atoms with van der Waals surface area (Å²) in [4.78, 5) is 3.99. The predicted octanol–water partition coefficient (Wildman–Crippen LogP) is 1.77. The van der Waals surface area contributed by atoms with Gasteiger partial charge in [-0.05, 0) is 0 Å². The summed E-state index contributed by atoms with van der Waals surface area (Å²) in [6, 6.07) is 9.81. The Kier molecular flexibility index (Phi) is 2.57. The van der Waals surface area contributed by atoms with Crippen LogP contribution < -0.4 is 0 Å². The van der Waals surface area contributed by atoms with Gasteiger partial charge in [-0.15, -0.1) is 0 Å². The molecule has 0 bridgehead atoms. The van der Waals surface area contributed by atoms with Crippen molar-refractivity contribution in [3.63, 3.8) is 0 Å². The molecule has 0 aromatic heterocycles. The topological polar surface area (TPSA) is 12.4 Å². The van der Waals surface area contributed by atoms with Crippen molar-refractivity contribution in [2.75, 3.05) is 0 Å². The maximum absolute atomic E-state index is 3.99. The van der Waals surface area contributed by atoms with Crippen LogP contribution in [0.4, 0.5) is 5.69 Å². The summed E-state index contributed by atoms with van der Waals surface area (Å²) in [5, 5.41) is 0. The molecule has 1 nitrogen and oxygen atoms in total. The molecule has 0 aliphatic carbocycles. The van der Waals surface area contributed by atoms with Gasteiger partial charge in [-0.25, -0.2) is 0 Å². The number of hydrogen-bond donors (Lipinski definition) is 0. The normalized spacial score (nSPS) is 8.00. The van der Waals surface area contributed by atoms with Crippen molar-refractivity contribution in [3.8, 4) is 0 Å². The Hall–Kier alpha value is -0.512. The van der Waals surface area contributed by atoms with Crippen molar-refractivity contribution in [1.82, 2.24) is 0 Å². The van der Waals surface area contributed by atoms with Crippen LogP contribution in [0, 0.1) is 0 Å². The van der Waals surface area contributed by atoms with E-state index >= 15 is 0 Å². The van der Waals surface area contributed by atoms with Crippen molar-refractivity contribution in [2.45, 2.75) is 0 Å². The monoisotopic (exact) mass is 287 g/mol. The van der Waals surface area contributed by atoms with E-state index in [1.165, 1.54) is 19.4 Å². The molecule has 9 heavy (non-hydrogen) atoms. The average Bonchev–Trinajstić information content (AvgIpc) is 1.91. The zero-order valence-electron chi connectivity index (χ0n) is 4.74. The minimum atomic E-state index is 0.979.